The molecule has 1 fully saturated rings. The second-order valence-electron chi connectivity index (χ2n) is 7.06. The molecule has 1 atom stereocenters. The molecule has 0 aromatic rings. The summed E-state index contributed by atoms with van der Waals surface area (Å²) in [5.41, 5.74) is 1.67. The van der Waals surface area contributed by atoms with Crippen LogP contribution >= 0.6 is 0 Å². The molecule has 2 aliphatic rings. The quantitative estimate of drug-likeness (QED) is 0.454. The molecule has 2 aliphatic carbocycles. The zero-order valence-corrected chi connectivity index (χ0v) is 13.7. The third-order valence-corrected chi connectivity index (χ3v) is 5.41. The van der Waals surface area contributed by atoms with Gasteiger partial charge in [0.25, 0.3) is 0 Å². The first kappa shape index (κ1) is 15.9. The van der Waals surface area contributed by atoms with E-state index in [1.165, 1.54) is 70.6 Å². The molecule has 0 amide bonds. The molecule has 0 heterocycles. The molecule has 0 aliphatic heterocycles. The summed E-state index contributed by atoms with van der Waals surface area (Å²) < 4.78 is 0. The average molecular weight is 274 g/mol. The molecule has 0 nitrogen and oxygen atoms in total. The van der Waals surface area contributed by atoms with E-state index in [0.29, 0.717) is 0 Å². The number of unbranched alkanes of at least 4 members (excludes halogenated alkanes) is 2. The van der Waals surface area contributed by atoms with Crippen LogP contribution in [0.5, 0.6) is 0 Å². The minimum absolute atomic E-state index is 0.835. The monoisotopic (exact) mass is 274 g/mol. The lowest BCUT2D eigenvalue weighted by Crippen LogP contribution is -2.16. The van der Waals surface area contributed by atoms with E-state index in [9.17, 15) is 0 Å². The first-order valence-corrected chi connectivity index (χ1v) is 9.21. The number of hydrogen-bond acceptors (Lipinski definition) is 0. The molecule has 0 aromatic carbocycles. The van der Waals surface area contributed by atoms with E-state index in [1.807, 2.05) is 0 Å². The number of allylic oxidation sites excluding steroid dienone is 4. The standard InChI is InChI=1S/C20H34/c1-3-5-6-8-18-11-15-20(16-12-18)19-13-9-17(7-4-2)10-14-19/h11,15-19H,3-10,12-14H2,1-2H3. The zero-order chi connectivity index (χ0) is 14.2. The fourth-order valence-corrected chi connectivity index (χ4v) is 4.05. The SMILES string of the molecule is CCCCCC1C=CC(C2CCC(CCC)CC2)=CC1. The van der Waals surface area contributed by atoms with Gasteiger partial charge in [-0.1, -0.05) is 64.2 Å². The van der Waals surface area contributed by atoms with Crippen molar-refractivity contribution in [2.45, 2.75) is 84.5 Å². The van der Waals surface area contributed by atoms with Gasteiger partial charge in [0.05, 0.1) is 0 Å². The van der Waals surface area contributed by atoms with Crippen LogP contribution in [0.1, 0.15) is 84.5 Å². The van der Waals surface area contributed by atoms with E-state index in [0.717, 1.165) is 17.8 Å². The van der Waals surface area contributed by atoms with Gasteiger partial charge in [-0.3, -0.25) is 0 Å². The van der Waals surface area contributed by atoms with Crippen molar-refractivity contribution < 1.29 is 0 Å². The number of rotatable bonds is 7. The van der Waals surface area contributed by atoms with Crippen LogP contribution in [0, 0.1) is 17.8 Å². The summed E-state index contributed by atoms with van der Waals surface area (Å²) in [4.78, 5) is 0. The maximum atomic E-state index is 2.57. The number of hydrogen-bond donors (Lipinski definition) is 0. The molecule has 1 saturated carbocycles. The molecule has 0 bridgehead atoms. The Kier molecular flexibility index (Phi) is 6.90. The van der Waals surface area contributed by atoms with Gasteiger partial charge in [-0.15, -0.1) is 0 Å². The molecule has 0 heteroatoms. The molecule has 0 spiro atoms. The summed E-state index contributed by atoms with van der Waals surface area (Å²) in [6.07, 6.45) is 23.1. The first-order valence-electron chi connectivity index (χ1n) is 9.21. The molecule has 0 saturated heterocycles. The molecule has 0 radical (unpaired) electrons. The van der Waals surface area contributed by atoms with Crippen LogP contribution in [0.15, 0.2) is 23.8 Å². The van der Waals surface area contributed by atoms with Gasteiger partial charge in [0.2, 0.25) is 0 Å². The Morgan fingerprint density at radius 3 is 2.35 bits per heavy atom. The normalized spacial score (nSPS) is 30.3. The lowest BCUT2D eigenvalue weighted by atomic mass is 9.75. The second-order valence-corrected chi connectivity index (χ2v) is 7.06. The predicted octanol–water partition coefficient (Wildman–Crippen LogP) is 6.68. The van der Waals surface area contributed by atoms with Crippen molar-refractivity contribution in [1.82, 2.24) is 0 Å². The summed E-state index contributed by atoms with van der Waals surface area (Å²) in [5.74, 6) is 2.75. The highest BCUT2D eigenvalue weighted by atomic mass is 14.3. The summed E-state index contributed by atoms with van der Waals surface area (Å²) in [6, 6.07) is 0. The molecular formula is C20H34. The molecule has 2 rings (SSSR count). The first-order chi connectivity index (χ1) is 9.83. The van der Waals surface area contributed by atoms with Gasteiger partial charge in [0.15, 0.2) is 0 Å². The van der Waals surface area contributed by atoms with Crippen molar-refractivity contribution in [1.29, 1.82) is 0 Å². The molecule has 0 N–H and O–H groups in total. The van der Waals surface area contributed by atoms with Crippen LogP contribution in [-0.2, 0) is 0 Å². The van der Waals surface area contributed by atoms with Crippen molar-refractivity contribution in [3.05, 3.63) is 23.8 Å². The Morgan fingerprint density at radius 1 is 0.950 bits per heavy atom. The van der Waals surface area contributed by atoms with Crippen LogP contribution in [-0.4, -0.2) is 0 Å². The van der Waals surface area contributed by atoms with E-state index in [-0.39, 0.29) is 0 Å². The second kappa shape index (κ2) is 8.70. The van der Waals surface area contributed by atoms with Crippen molar-refractivity contribution in [3.63, 3.8) is 0 Å². The van der Waals surface area contributed by atoms with Gasteiger partial charge in [-0.25, -0.2) is 0 Å². The van der Waals surface area contributed by atoms with Gasteiger partial charge in [-0.05, 0) is 61.9 Å². The third kappa shape index (κ3) is 4.79. The topological polar surface area (TPSA) is 0 Å². The minimum atomic E-state index is 0.835. The van der Waals surface area contributed by atoms with Gasteiger partial charge in [-0.2, -0.15) is 0 Å². The Bertz CT molecular complexity index is 315. The van der Waals surface area contributed by atoms with Gasteiger partial charge in [0.1, 0.15) is 0 Å². The van der Waals surface area contributed by atoms with Crippen LogP contribution in [0.3, 0.4) is 0 Å². The highest BCUT2D eigenvalue weighted by molar-refractivity contribution is 5.26. The Hall–Kier alpha value is -0.520. The maximum Gasteiger partial charge on any atom is -0.0165 e. The molecule has 20 heavy (non-hydrogen) atoms. The fourth-order valence-electron chi connectivity index (χ4n) is 4.05. The predicted molar refractivity (Wildman–Crippen MR) is 89.8 cm³/mol. The highest BCUT2D eigenvalue weighted by Gasteiger charge is 2.23. The lowest BCUT2D eigenvalue weighted by molar-refractivity contribution is 0.287. The summed E-state index contributed by atoms with van der Waals surface area (Å²) in [6.45, 7) is 4.63. The van der Waals surface area contributed by atoms with Gasteiger partial charge >= 0.3 is 0 Å². The average Bonchev–Trinajstić information content (AvgIpc) is 2.49. The smallest absolute Gasteiger partial charge is 0.0165 e. The Balaban J connectivity index is 1.72. The maximum absolute atomic E-state index is 2.57. The third-order valence-electron chi connectivity index (χ3n) is 5.41. The van der Waals surface area contributed by atoms with Crippen LogP contribution < -0.4 is 0 Å². The van der Waals surface area contributed by atoms with E-state index < -0.39 is 0 Å². The molecule has 1 unspecified atom stereocenters. The van der Waals surface area contributed by atoms with Gasteiger partial charge in [0, 0.05) is 0 Å². The Labute approximate surface area is 126 Å². The lowest BCUT2D eigenvalue weighted by Gasteiger charge is -2.30. The summed E-state index contributed by atoms with van der Waals surface area (Å²) in [7, 11) is 0. The fraction of sp³-hybridized carbons (Fsp3) is 0.800. The Morgan fingerprint density at radius 2 is 1.75 bits per heavy atom. The summed E-state index contributed by atoms with van der Waals surface area (Å²) in [5, 5.41) is 0. The van der Waals surface area contributed by atoms with E-state index in [1.54, 1.807) is 5.57 Å². The largest absolute Gasteiger partial charge is 0.0808 e. The van der Waals surface area contributed by atoms with Crippen molar-refractivity contribution in [2.75, 3.05) is 0 Å². The summed E-state index contributed by atoms with van der Waals surface area (Å²) >= 11 is 0. The van der Waals surface area contributed by atoms with Crippen molar-refractivity contribution in [2.24, 2.45) is 17.8 Å². The highest BCUT2D eigenvalue weighted by Crippen LogP contribution is 2.37. The van der Waals surface area contributed by atoms with E-state index in [2.05, 4.69) is 32.1 Å². The molecular weight excluding hydrogens is 240 g/mol. The minimum Gasteiger partial charge on any atom is -0.0808 e. The van der Waals surface area contributed by atoms with Crippen LogP contribution in [0.2, 0.25) is 0 Å². The van der Waals surface area contributed by atoms with Crippen LogP contribution in [0.25, 0.3) is 0 Å². The molecule has 0 aromatic heterocycles. The van der Waals surface area contributed by atoms with E-state index >= 15 is 0 Å². The zero-order valence-electron chi connectivity index (χ0n) is 13.7. The van der Waals surface area contributed by atoms with Gasteiger partial charge < -0.3 is 0 Å². The van der Waals surface area contributed by atoms with Crippen molar-refractivity contribution >= 4 is 0 Å². The van der Waals surface area contributed by atoms with Crippen LogP contribution in [0.4, 0.5) is 0 Å². The van der Waals surface area contributed by atoms with E-state index in [4.69, 9.17) is 0 Å². The van der Waals surface area contributed by atoms with Crippen molar-refractivity contribution in [3.8, 4) is 0 Å². The molecule has 114 valence electrons.